The molecule has 90 valence electrons. The van der Waals surface area contributed by atoms with Crippen molar-refractivity contribution < 1.29 is 19.4 Å². The summed E-state index contributed by atoms with van der Waals surface area (Å²) in [5.74, 6) is -1.08. The van der Waals surface area contributed by atoms with Gasteiger partial charge in [0.25, 0.3) is 0 Å². The number of anilines is 1. The number of rotatable bonds is 2. The van der Waals surface area contributed by atoms with Gasteiger partial charge in [-0.15, -0.1) is 0 Å². The van der Waals surface area contributed by atoms with Crippen LogP contribution in [0.25, 0.3) is 0 Å². The monoisotopic (exact) mass is 299 g/mol. The van der Waals surface area contributed by atoms with Crippen molar-refractivity contribution in [2.45, 2.75) is 19.1 Å². The maximum absolute atomic E-state index is 11.6. The van der Waals surface area contributed by atoms with Gasteiger partial charge in [0, 0.05) is 10.2 Å². The fourth-order valence-electron chi connectivity index (χ4n) is 1.78. The molecule has 5 nitrogen and oxygen atoms in total. The molecule has 0 spiro atoms. The summed E-state index contributed by atoms with van der Waals surface area (Å²) < 4.78 is 5.78. The van der Waals surface area contributed by atoms with Crippen LogP contribution in [0.3, 0.4) is 0 Å². The average Bonchev–Trinajstić information content (AvgIpc) is 2.55. The van der Waals surface area contributed by atoms with Crippen LogP contribution in [0.5, 0.6) is 0 Å². The lowest BCUT2D eigenvalue weighted by atomic mass is 10.1. The van der Waals surface area contributed by atoms with Crippen molar-refractivity contribution in [2.75, 3.05) is 4.90 Å². The van der Waals surface area contributed by atoms with Gasteiger partial charge in [-0.2, -0.15) is 0 Å². The normalized spacial score (nSPS) is 23.6. The first-order valence-electron chi connectivity index (χ1n) is 4.99. The number of benzene rings is 1. The topological polar surface area (TPSA) is 66.8 Å². The van der Waals surface area contributed by atoms with Gasteiger partial charge in [0.1, 0.15) is 6.10 Å². The number of carboxylic acid groups (broad SMARTS) is 1. The van der Waals surface area contributed by atoms with Crippen LogP contribution in [0.15, 0.2) is 28.7 Å². The maximum Gasteiger partial charge on any atom is 0.415 e. The summed E-state index contributed by atoms with van der Waals surface area (Å²) in [5, 5.41) is 9.10. The van der Waals surface area contributed by atoms with Crippen molar-refractivity contribution in [3.63, 3.8) is 0 Å². The zero-order chi connectivity index (χ0) is 12.6. The van der Waals surface area contributed by atoms with E-state index < -0.39 is 24.2 Å². The third-order valence-electron chi connectivity index (χ3n) is 2.56. The van der Waals surface area contributed by atoms with Gasteiger partial charge in [0.2, 0.25) is 0 Å². The molecule has 6 heteroatoms. The SMILES string of the molecule is CC1OC(=O)N(c2ccc(Br)cc2)C1C(=O)O. The standard InChI is InChI=1S/C11H10BrNO4/c1-6-9(10(14)15)13(11(16)17-6)8-4-2-7(12)3-5-8/h2-6,9H,1H3,(H,14,15). The van der Waals surface area contributed by atoms with Crippen LogP contribution >= 0.6 is 15.9 Å². The first-order chi connectivity index (χ1) is 8.00. The van der Waals surface area contributed by atoms with Gasteiger partial charge in [-0.1, -0.05) is 15.9 Å². The summed E-state index contributed by atoms with van der Waals surface area (Å²) >= 11 is 3.27. The van der Waals surface area contributed by atoms with E-state index in [-0.39, 0.29) is 0 Å². The number of aliphatic carboxylic acids is 1. The highest BCUT2D eigenvalue weighted by atomic mass is 79.9. The fraction of sp³-hybridized carbons (Fsp3) is 0.273. The summed E-state index contributed by atoms with van der Waals surface area (Å²) in [7, 11) is 0. The lowest BCUT2D eigenvalue weighted by Gasteiger charge is -2.19. The van der Waals surface area contributed by atoms with E-state index in [0.29, 0.717) is 5.69 Å². The van der Waals surface area contributed by atoms with Crippen LogP contribution in [-0.2, 0) is 9.53 Å². The van der Waals surface area contributed by atoms with E-state index in [0.717, 1.165) is 9.37 Å². The second kappa shape index (κ2) is 4.37. The molecule has 2 unspecified atom stereocenters. The minimum atomic E-state index is -1.08. The van der Waals surface area contributed by atoms with Gasteiger partial charge in [-0.25, -0.2) is 9.59 Å². The summed E-state index contributed by atoms with van der Waals surface area (Å²) in [4.78, 5) is 23.9. The molecular formula is C11H10BrNO4. The molecule has 0 aromatic heterocycles. The molecule has 1 aromatic carbocycles. The Morgan fingerprint density at radius 1 is 1.41 bits per heavy atom. The zero-order valence-electron chi connectivity index (χ0n) is 8.96. The molecule has 1 saturated heterocycles. The van der Waals surface area contributed by atoms with Gasteiger partial charge in [-0.3, -0.25) is 4.90 Å². The number of carboxylic acids is 1. The Labute approximate surface area is 106 Å². The van der Waals surface area contributed by atoms with E-state index in [1.807, 2.05) is 0 Å². The Morgan fingerprint density at radius 2 is 2.00 bits per heavy atom. The van der Waals surface area contributed by atoms with Gasteiger partial charge >= 0.3 is 12.1 Å². The number of amides is 1. The average molecular weight is 300 g/mol. The van der Waals surface area contributed by atoms with Gasteiger partial charge in [-0.05, 0) is 31.2 Å². The van der Waals surface area contributed by atoms with Gasteiger partial charge in [0.05, 0.1) is 0 Å². The highest BCUT2D eigenvalue weighted by Crippen LogP contribution is 2.28. The molecule has 0 radical (unpaired) electrons. The van der Waals surface area contributed by atoms with Crippen LogP contribution in [-0.4, -0.2) is 29.3 Å². The number of nitrogens with zero attached hydrogens (tertiary/aromatic N) is 1. The highest BCUT2D eigenvalue weighted by Gasteiger charge is 2.44. The van der Waals surface area contributed by atoms with Crippen molar-refractivity contribution in [1.82, 2.24) is 0 Å². The molecule has 2 atom stereocenters. The molecule has 0 saturated carbocycles. The van der Waals surface area contributed by atoms with Crippen LogP contribution in [0, 0.1) is 0 Å². The van der Waals surface area contributed by atoms with E-state index in [2.05, 4.69) is 15.9 Å². The Balaban J connectivity index is 2.38. The molecule has 1 heterocycles. The smallest absolute Gasteiger partial charge is 0.415 e. The van der Waals surface area contributed by atoms with Crippen LogP contribution in [0.4, 0.5) is 10.5 Å². The molecule has 2 rings (SSSR count). The molecule has 1 aliphatic heterocycles. The minimum Gasteiger partial charge on any atom is -0.480 e. The summed E-state index contributed by atoms with van der Waals surface area (Å²) in [6.45, 7) is 1.57. The predicted octanol–water partition coefficient (Wildman–Crippen LogP) is 2.25. The largest absolute Gasteiger partial charge is 0.480 e. The second-order valence-corrected chi connectivity index (χ2v) is 4.63. The molecule has 17 heavy (non-hydrogen) atoms. The number of halogens is 1. The van der Waals surface area contributed by atoms with Crippen molar-refractivity contribution in [1.29, 1.82) is 0 Å². The number of carbonyl (C=O) groups excluding carboxylic acids is 1. The summed E-state index contributed by atoms with van der Waals surface area (Å²) in [6.07, 6.45) is -1.30. The molecule has 1 aliphatic rings. The molecule has 1 amide bonds. The number of ether oxygens (including phenoxy) is 1. The summed E-state index contributed by atoms with van der Waals surface area (Å²) in [5.41, 5.74) is 0.509. The van der Waals surface area contributed by atoms with Crippen molar-refractivity contribution in [3.05, 3.63) is 28.7 Å². The van der Waals surface area contributed by atoms with E-state index >= 15 is 0 Å². The van der Waals surface area contributed by atoms with E-state index in [1.54, 1.807) is 31.2 Å². The lowest BCUT2D eigenvalue weighted by Crippen LogP contribution is -2.42. The number of cyclic esters (lactones) is 1. The molecule has 1 N–H and O–H groups in total. The Bertz CT molecular complexity index is 459. The Kier molecular flexibility index (Phi) is 3.06. The fourth-order valence-corrected chi connectivity index (χ4v) is 2.05. The van der Waals surface area contributed by atoms with Crippen LogP contribution in [0.2, 0.25) is 0 Å². The lowest BCUT2D eigenvalue weighted by molar-refractivity contribution is -0.139. The van der Waals surface area contributed by atoms with Crippen LogP contribution in [0.1, 0.15) is 6.92 Å². The quantitative estimate of drug-likeness (QED) is 0.909. The molecular weight excluding hydrogens is 290 g/mol. The van der Waals surface area contributed by atoms with Crippen molar-refractivity contribution in [3.8, 4) is 0 Å². The molecule has 1 fully saturated rings. The first kappa shape index (κ1) is 11.9. The van der Waals surface area contributed by atoms with Crippen molar-refractivity contribution >= 4 is 33.7 Å². The first-order valence-corrected chi connectivity index (χ1v) is 5.78. The number of hydrogen-bond donors (Lipinski definition) is 1. The number of carbonyl (C=O) groups is 2. The number of hydrogen-bond acceptors (Lipinski definition) is 3. The summed E-state index contributed by atoms with van der Waals surface area (Å²) in [6, 6.07) is 5.83. The van der Waals surface area contributed by atoms with Gasteiger partial charge in [0.15, 0.2) is 6.04 Å². The Morgan fingerprint density at radius 3 is 2.53 bits per heavy atom. The molecule has 0 bridgehead atoms. The Hall–Kier alpha value is -1.56. The van der Waals surface area contributed by atoms with Gasteiger partial charge < -0.3 is 9.84 Å². The second-order valence-electron chi connectivity index (χ2n) is 3.72. The predicted molar refractivity (Wildman–Crippen MR) is 64.0 cm³/mol. The molecule has 1 aromatic rings. The molecule has 0 aliphatic carbocycles. The van der Waals surface area contributed by atoms with Crippen molar-refractivity contribution in [2.24, 2.45) is 0 Å². The van der Waals surface area contributed by atoms with E-state index in [4.69, 9.17) is 9.84 Å². The third kappa shape index (κ3) is 2.12. The maximum atomic E-state index is 11.6. The van der Waals surface area contributed by atoms with Crippen LogP contribution < -0.4 is 4.90 Å². The van der Waals surface area contributed by atoms with E-state index in [9.17, 15) is 9.59 Å². The minimum absolute atomic E-state index is 0.509. The van der Waals surface area contributed by atoms with E-state index in [1.165, 1.54) is 0 Å². The third-order valence-corrected chi connectivity index (χ3v) is 3.09. The zero-order valence-corrected chi connectivity index (χ0v) is 10.5. The highest BCUT2D eigenvalue weighted by molar-refractivity contribution is 9.10.